The summed E-state index contributed by atoms with van der Waals surface area (Å²) < 4.78 is 16.3. The molecule has 0 fully saturated rings. The number of aromatic nitrogens is 2. The number of imidazole rings is 1. The molecule has 0 unspecified atom stereocenters. The molecule has 0 aliphatic rings. The Morgan fingerprint density at radius 1 is 1.47 bits per heavy atom. The molecular formula is C12H13BrFN3. The number of rotatable bonds is 3. The molecule has 1 heterocycles. The van der Waals surface area contributed by atoms with Gasteiger partial charge in [0.2, 0.25) is 5.95 Å². The summed E-state index contributed by atoms with van der Waals surface area (Å²) in [6, 6.07) is 4.98. The molecule has 0 amide bonds. The van der Waals surface area contributed by atoms with Crippen molar-refractivity contribution < 1.29 is 4.39 Å². The van der Waals surface area contributed by atoms with E-state index >= 15 is 0 Å². The monoisotopic (exact) mass is 297 g/mol. The van der Waals surface area contributed by atoms with Crippen LogP contribution >= 0.6 is 15.9 Å². The van der Waals surface area contributed by atoms with Crippen LogP contribution in [-0.2, 0) is 0 Å². The second-order valence-electron chi connectivity index (χ2n) is 3.70. The van der Waals surface area contributed by atoms with Crippen molar-refractivity contribution in [1.29, 1.82) is 0 Å². The third-order valence-corrected chi connectivity index (χ3v) is 2.82. The lowest BCUT2D eigenvalue weighted by Gasteiger charge is -2.09. The molecule has 0 spiro atoms. The number of hydrogen-bond donors (Lipinski definition) is 1. The predicted molar refractivity (Wildman–Crippen MR) is 70.1 cm³/mol. The van der Waals surface area contributed by atoms with Gasteiger partial charge < -0.3 is 5.32 Å². The highest BCUT2D eigenvalue weighted by atomic mass is 79.9. The molecule has 90 valence electrons. The first-order chi connectivity index (χ1) is 8.11. The number of aryl methyl sites for hydroxylation is 1. The van der Waals surface area contributed by atoms with Crippen LogP contribution in [0.15, 0.2) is 28.9 Å². The van der Waals surface area contributed by atoms with Gasteiger partial charge in [-0.2, -0.15) is 0 Å². The van der Waals surface area contributed by atoms with Gasteiger partial charge in [0.15, 0.2) is 0 Å². The van der Waals surface area contributed by atoms with E-state index in [9.17, 15) is 4.39 Å². The zero-order valence-electron chi connectivity index (χ0n) is 9.67. The molecule has 1 aromatic carbocycles. The molecule has 2 rings (SSSR count). The lowest BCUT2D eigenvalue weighted by molar-refractivity contribution is 0.617. The highest BCUT2D eigenvalue weighted by Gasteiger charge is 2.10. The van der Waals surface area contributed by atoms with E-state index in [-0.39, 0.29) is 5.82 Å². The molecular weight excluding hydrogens is 285 g/mol. The van der Waals surface area contributed by atoms with Crippen molar-refractivity contribution in [2.45, 2.75) is 13.8 Å². The van der Waals surface area contributed by atoms with Crippen molar-refractivity contribution in [3.05, 3.63) is 40.4 Å². The van der Waals surface area contributed by atoms with Crippen LogP contribution in [0.2, 0.25) is 0 Å². The van der Waals surface area contributed by atoms with E-state index in [4.69, 9.17) is 0 Å². The Morgan fingerprint density at radius 2 is 2.24 bits per heavy atom. The molecule has 17 heavy (non-hydrogen) atoms. The summed E-state index contributed by atoms with van der Waals surface area (Å²) in [5.74, 6) is 0.377. The molecule has 0 atom stereocenters. The fraction of sp³-hybridized carbons (Fsp3) is 0.250. The predicted octanol–water partition coefficient (Wildman–Crippen LogP) is 3.51. The summed E-state index contributed by atoms with van der Waals surface area (Å²) in [5.41, 5.74) is 1.34. The fourth-order valence-electron chi connectivity index (χ4n) is 1.64. The normalized spacial score (nSPS) is 10.6. The molecule has 0 saturated heterocycles. The first kappa shape index (κ1) is 12.1. The van der Waals surface area contributed by atoms with Gasteiger partial charge in [-0.05, 0) is 32.0 Å². The Morgan fingerprint density at radius 3 is 2.88 bits per heavy atom. The van der Waals surface area contributed by atoms with E-state index in [1.54, 1.807) is 10.6 Å². The Labute approximate surface area is 108 Å². The van der Waals surface area contributed by atoms with Crippen molar-refractivity contribution >= 4 is 21.9 Å². The van der Waals surface area contributed by atoms with Crippen molar-refractivity contribution in [3.8, 4) is 5.69 Å². The Kier molecular flexibility index (Phi) is 3.47. The molecule has 0 aliphatic heterocycles. The number of anilines is 1. The van der Waals surface area contributed by atoms with Crippen molar-refractivity contribution in [2.24, 2.45) is 0 Å². The minimum Gasteiger partial charge on any atom is -0.356 e. The van der Waals surface area contributed by atoms with Crippen LogP contribution in [0.5, 0.6) is 0 Å². The summed E-state index contributed by atoms with van der Waals surface area (Å²) in [6.07, 6.45) is 1.81. The summed E-state index contributed by atoms with van der Waals surface area (Å²) >= 11 is 3.24. The number of hydrogen-bond acceptors (Lipinski definition) is 2. The van der Waals surface area contributed by atoms with E-state index in [2.05, 4.69) is 26.2 Å². The minimum atomic E-state index is -0.282. The molecule has 2 aromatic rings. The van der Waals surface area contributed by atoms with E-state index in [1.165, 1.54) is 6.07 Å². The molecule has 0 bridgehead atoms. The highest BCUT2D eigenvalue weighted by molar-refractivity contribution is 9.10. The molecule has 3 nitrogen and oxygen atoms in total. The number of benzene rings is 1. The Balaban J connectivity index is 2.51. The van der Waals surface area contributed by atoms with Gasteiger partial charge in [0.1, 0.15) is 5.82 Å². The van der Waals surface area contributed by atoms with Gasteiger partial charge in [0.05, 0.1) is 11.4 Å². The van der Waals surface area contributed by atoms with Gasteiger partial charge >= 0.3 is 0 Å². The molecule has 5 heteroatoms. The smallest absolute Gasteiger partial charge is 0.207 e. The van der Waals surface area contributed by atoms with Crippen LogP contribution in [-0.4, -0.2) is 16.1 Å². The van der Waals surface area contributed by atoms with Crippen molar-refractivity contribution in [1.82, 2.24) is 9.55 Å². The third kappa shape index (κ3) is 2.49. The summed E-state index contributed by atoms with van der Waals surface area (Å²) in [4.78, 5) is 4.31. The summed E-state index contributed by atoms with van der Waals surface area (Å²) in [6.45, 7) is 4.61. The maximum absolute atomic E-state index is 13.9. The number of halogens is 2. The SMILES string of the molecule is CCNc1nc(C)cn1-c1ccc(Br)cc1F. The standard InChI is InChI=1S/C12H13BrFN3/c1-3-15-12-16-8(2)7-17(12)11-5-4-9(13)6-10(11)14/h4-7H,3H2,1-2H3,(H,15,16). The van der Waals surface area contributed by atoms with E-state index < -0.39 is 0 Å². The highest BCUT2D eigenvalue weighted by Crippen LogP contribution is 2.22. The maximum atomic E-state index is 13.9. The van der Waals surface area contributed by atoms with Crippen LogP contribution in [0, 0.1) is 12.7 Å². The van der Waals surface area contributed by atoms with Crippen molar-refractivity contribution in [2.75, 3.05) is 11.9 Å². The Hall–Kier alpha value is -1.36. The third-order valence-electron chi connectivity index (χ3n) is 2.33. The van der Waals surface area contributed by atoms with Crippen LogP contribution in [0.3, 0.4) is 0 Å². The molecule has 0 saturated carbocycles. The van der Waals surface area contributed by atoms with Crippen LogP contribution in [0.25, 0.3) is 5.69 Å². The van der Waals surface area contributed by atoms with Crippen molar-refractivity contribution in [3.63, 3.8) is 0 Å². The van der Waals surface area contributed by atoms with E-state index in [0.29, 0.717) is 11.6 Å². The van der Waals surface area contributed by atoms with E-state index in [1.807, 2.05) is 26.1 Å². The largest absolute Gasteiger partial charge is 0.356 e. The second-order valence-corrected chi connectivity index (χ2v) is 4.62. The quantitative estimate of drug-likeness (QED) is 0.939. The minimum absolute atomic E-state index is 0.282. The van der Waals surface area contributed by atoms with Gasteiger partial charge in [-0.15, -0.1) is 0 Å². The van der Waals surface area contributed by atoms with Gasteiger partial charge in [-0.3, -0.25) is 4.57 Å². The lowest BCUT2D eigenvalue weighted by atomic mass is 10.3. The molecule has 1 N–H and O–H groups in total. The molecule has 1 aromatic heterocycles. The maximum Gasteiger partial charge on any atom is 0.207 e. The average Bonchev–Trinajstić information content (AvgIpc) is 2.60. The lowest BCUT2D eigenvalue weighted by Crippen LogP contribution is -2.06. The second kappa shape index (κ2) is 4.87. The molecule has 0 aliphatic carbocycles. The zero-order valence-corrected chi connectivity index (χ0v) is 11.3. The van der Waals surface area contributed by atoms with Gasteiger partial charge in [-0.1, -0.05) is 15.9 Å². The Bertz CT molecular complexity index is 537. The first-order valence-electron chi connectivity index (χ1n) is 5.37. The number of nitrogens with one attached hydrogen (secondary N) is 1. The number of nitrogens with zero attached hydrogens (tertiary/aromatic N) is 2. The van der Waals surface area contributed by atoms with Crippen LogP contribution in [0.1, 0.15) is 12.6 Å². The summed E-state index contributed by atoms with van der Waals surface area (Å²) in [7, 11) is 0. The van der Waals surface area contributed by atoms with Gasteiger partial charge in [0, 0.05) is 17.2 Å². The van der Waals surface area contributed by atoms with Crippen LogP contribution in [0.4, 0.5) is 10.3 Å². The fourth-order valence-corrected chi connectivity index (χ4v) is 1.97. The van der Waals surface area contributed by atoms with Gasteiger partial charge in [-0.25, -0.2) is 9.37 Å². The molecule has 0 radical (unpaired) electrons. The zero-order chi connectivity index (χ0) is 12.4. The summed E-state index contributed by atoms with van der Waals surface area (Å²) in [5, 5.41) is 3.11. The average molecular weight is 298 g/mol. The van der Waals surface area contributed by atoms with E-state index in [0.717, 1.165) is 16.7 Å². The van der Waals surface area contributed by atoms with Crippen LogP contribution < -0.4 is 5.32 Å². The van der Waals surface area contributed by atoms with Gasteiger partial charge in [0.25, 0.3) is 0 Å². The first-order valence-corrected chi connectivity index (χ1v) is 6.16. The topological polar surface area (TPSA) is 29.9 Å².